The predicted molar refractivity (Wildman–Crippen MR) is 137 cm³/mol. The molecule has 0 saturated heterocycles. The van der Waals surface area contributed by atoms with Gasteiger partial charge in [0.15, 0.2) is 0 Å². The van der Waals surface area contributed by atoms with Crippen molar-refractivity contribution >= 4 is 0 Å². The Kier molecular flexibility index (Phi) is 9.81. The topological polar surface area (TPSA) is 77.4 Å². The maximum absolute atomic E-state index is 11.1. The molecule has 3 aromatic carbocycles. The third-order valence-electron chi connectivity index (χ3n) is 6.26. The summed E-state index contributed by atoms with van der Waals surface area (Å²) in [6.45, 7) is 4.75. The van der Waals surface area contributed by atoms with E-state index < -0.39 is 36.6 Å². The fraction of sp³-hybridized carbons (Fsp3) is 0.333. The molecule has 0 unspecified atom stereocenters. The monoisotopic (exact) mass is 490 g/mol. The van der Waals surface area contributed by atoms with Crippen molar-refractivity contribution in [2.45, 2.75) is 56.4 Å². The lowest BCUT2D eigenvalue weighted by Gasteiger charge is -2.47. The quantitative estimate of drug-likeness (QED) is 0.373. The molecule has 3 aromatic rings. The van der Waals surface area contributed by atoms with Crippen LogP contribution in [0.4, 0.5) is 0 Å². The number of hydrogen-bond donors (Lipinski definition) is 2. The number of ether oxygens (including phenoxy) is 4. The second-order valence-corrected chi connectivity index (χ2v) is 8.85. The van der Waals surface area contributed by atoms with E-state index in [2.05, 4.69) is 6.58 Å². The summed E-state index contributed by atoms with van der Waals surface area (Å²) in [5.74, 6) is 0. The van der Waals surface area contributed by atoms with Crippen LogP contribution in [0.3, 0.4) is 0 Å². The van der Waals surface area contributed by atoms with E-state index in [-0.39, 0.29) is 13.2 Å². The zero-order valence-electron chi connectivity index (χ0n) is 20.3. The Bertz CT molecular complexity index is 1030. The van der Waals surface area contributed by atoms with Crippen LogP contribution in [0.5, 0.6) is 0 Å². The van der Waals surface area contributed by atoms with Gasteiger partial charge in [-0.2, -0.15) is 0 Å². The third-order valence-corrected chi connectivity index (χ3v) is 6.26. The molecule has 0 bridgehead atoms. The van der Waals surface area contributed by atoms with E-state index in [1.54, 1.807) is 6.08 Å². The number of hydrogen-bond acceptors (Lipinski definition) is 6. The summed E-state index contributed by atoms with van der Waals surface area (Å²) in [6.07, 6.45) is -3.94. The fourth-order valence-corrected chi connectivity index (χ4v) is 4.40. The molecule has 0 spiro atoms. The summed E-state index contributed by atoms with van der Waals surface area (Å²) in [7, 11) is 0. The van der Waals surface area contributed by atoms with Crippen LogP contribution in [0.15, 0.2) is 104 Å². The summed E-state index contributed by atoms with van der Waals surface area (Å²) < 4.78 is 24.8. The average molecular weight is 491 g/mol. The summed E-state index contributed by atoms with van der Waals surface area (Å²) >= 11 is 0. The summed E-state index contributed by atoms with van der Waals surface area (Å²) in [4.78, 5) is 0. The second kappa shape index (κ2) is 13.5. The van der Waals surface area contributed by atoms with Crippen LogP contribution >= 0.6 is 0 Å². The van der Waals surface area contributed by atoms with Crippen molar-refractivity contribution in [2.75, 3.05) is 6.61 Å². The molecule has 1 aliphatic rings. The minimum absolute atomic E-state index is 0.195. The Hall–Kier alpha value is -2.84. The third kappa shape index (κ3) is 6.89. The first kappa shape index (κ1) is 26.2. The molecule has 190 valence electrons. The number of benzene rings is 3. The van der Waals surface area contributed by atoms with Gasteiger partial charge in [-0.25, -0.2) is 0 Å². The molecule has 0 aromatic heterocycles. The van der Waals surface area contributed by atoms with Crippen molar-refractivity contribution in [3.05, 3.63) is 120 Å². The molecule has 1 aliphatic carbocycles. The Morgan fingerprint density at radius 3 is 1.22 bits per heavy atom. The SMILES string of the molecule is C=CCO[C@@H]1[C@H](O)[C@H](O)[C@H](OCc2ccccc2)[C@@H](OCc2ccccc2)[C@H]1OCc1ccccc1. The van der Waals surface area contributed by atoms with Gasteiger partial charge in [-0.1, -0.05) is 97.1 Å². The lowest BCUT2D eigenvalue weighted by atomic mass is 9.84. The van der Waals surface area contributed by atoms with Crippen LogP contribution < -0.4 is 0 Å². The second-order valence-electron chi connectivity index (χ2n) is 8.85. The van der Waals surface area contributed by atoms with Crippen molar-refractivity contribution in [2.24, 2.45) is 0 Å². The number of aliphatic hydroxyl groups is 2. The van der Waals surface area contributed by atoms with E-state index in [1.165, 1.54) is 0 Å². The van der Waals surface area contributed by atoms with E-state index in [1.807, 2.05) is 91.0 Å². The van der Waals surface area contributed by atoms with E-state index in [0.29, 0.717) is 13.2 Å². The first-order valence-electron chi connectivity index (χ1n) is 12.2. The van der Waals surface area contributed by atoms with E-state index in [4.69, 9.17) is 18.9 Å². The van der Waals surface area contributed by atoms with Crippen LogP contribution in [0.25, 0.3) is 0 Å². The van der Waals surface area contributed by atoms with Gasteiger partial charge in [0.25, 0.3) is 0 Å². The van der Waals surface area contributed by atoms with Crippen LogP contribution in [-0.2, 0) is 38.8 Å². The van der Waals surface area contributed by atoms with Gasteiger partial charge in [-0.3, -0.25) is 0 Å². The smallest absolute Gasteiger partial charge is 0.116 e. The molecule has 4 rings (SSSR count). The number of aliphatic hydroxyl groups excluding tert-OH is 2. The highest BCUT2D eigenvalue weighted by atomic mass is 16.6. The standard InChI is InChI=1S/C30H34O6/c1-2-18-33-27-25(31)26(32)28(34-19-22-12-6-3-7-13-22)30(36-21-24-16-10-5-11-17-24)29(27)35-20-23-14-8-4-9-15-23/h2-17,25-32H,1,18-21H2/t25-,26+,27-,28+,29+,30-/m1/s1. The van der Waals surface area contributed by atoms with E-state index in [0.717, 1.165) is 16.7 Å². The van der Waals surface area contributed by atoms with Crippen molar-refractivity contribution in [1.29, 1.82) is 0 Å². The Morgan fingerprint density at radius 2 is 0.861 bits per heavy atom. The lowest BCUT2D eigenvalue weighted by Crippen LogP contribution is -2.66. The zero-order chi connectivity index (χ0) is 25.2. The Morgan fingerprint density at radius 1 is 0.528 bits per heavy atom. The van der Waals surface area contributed by atoms with E-state index >= 15 is 0 Å². The highest BCUT2D eigenvalue weighted by molar-refractivity contribution is 5.16. The van der Waals surface area contributed by atoms with Gasteiger partial charge in [-0.15, -0.1) is 6.58 Å². The fourth-order valence-electron chi connectivity index (χ4n) is 4.40. The van der Waals surface area contributed by atoms with Gasteiger partial charge in [0, 0.05) is 0 Å². The van der Waals surface area contributed by atoms with Gasteiger partial charge in [0.05, 0.1) is 26.4 Å². The average Bonchev–Trinajstić information content (AvgIpc) is 2.93. The molecule has 1 saturated carbocycles. The van der Waals surface area contributed by atoms with Gasteiger partial charge in [-0.05, 0) is 16.7 Å². The molecule has 36 heavy (non-hydrogen) atoms. The van der Waals surface area contributed by atoms with Crippen LogP contribution in [0, 0.1) is 0 Å². The van der Waals surface area contributed by atoms with Crippen molar-refractivity contribution in [1.82, 2.24) is 0 Å². The van der Waals surface area contributed by atoms with Crippen molar-refractivity contribution < 1.29 is 29.2 Å². The predicted octanol–water partition coefficient (Wildman–Crippen LogP) is 4.05. The Balaban J connectivity index is 1.60. The summed E-state index contributed by atoms with van der Waals surface area (Å²) in [5, 5.41) is 22.2. The maximum atomic E-state index is 11.1. The number of rotatable bonds is 12. The molecular weight excluding hydrogens is 456 g/mol. The van der Waals surface area contributed by atoms with Crippen LogP contribution in [-0.4, -0.2) is 53.4 Å². The van der Waals surface area contributed by atoms with Gasteiger partial charge < -0.3 is 29.2 Å². The molecule has 2 N–H and O–H groups in total. The van der Waals surface area contributed by atoms with Gasteiger partial charge in [0.1, 0.15) is 36.6 Å². The molecule has 0 amide bonds. The molecular formula is C30H34O6. The van der Waals surface area contributed by atoms with Gasteiger partial charge in [0.2, 0.25) is 0 Å². The Labute approximate surface area is 212 Å². The molecule has 0 heterocycles. The first-order chi connectivity index (χ1) is 17.7. The first-order valence-corrected chi connectivity index (χ1v) is 12.2. The van der Waals surface area contributed by atoms with Crippen LogP contribution in [0.2, 0.25) is 0 Å². The summed E-state index contributed by atoms with van der Waals surface area (Å²) in [5.41, 5.74) is 2.90. The highest BCUT2D eigenvalue weighted by Crippen LogP contribution is 2.32. The lowest BCUT2D eigenvalue weighted by molar-refractivity contribution is -0.270. The minimum atomic E-state index is -1.24. The molecule has 0 radical (unpaired) electrons. The minimum Gasteiger partial charge on any atom is -0.387 e. The zero-order valence-corrected chi connectivity index (χ0v) is 20.3. The molecule has 6 heteroatoms. The van der Waals surface area contributed by atoms with Gasteiger partial charge >= 0.3 is 0 Å². The van der Waals surface area contributed by atoms with Crippen molar-refractivity contribution in [3.63, 3.8) is 0 Å². The molecule has 6 atom stereocenters. The summed E-state index contributed by atoms with van der Waals surface area (Å²) in [6, 6.07) is 29.2. The van der Waals surface area contributed by atoms with E-state index in [9.17, 15) is 10.2 Å². The normalized spacial score (nSPS) is 25.9. The highest BCUT2D eigenvalue weighted by Gasteiger charge is 2.52. The maximum Gasteiger partial charge on any atom is 0.116 e. The molecule has 1 fully saturated rings. The molecule has 6 nitrogen and oxygen atoms in total. The van der Waals surface area contributed by atoms with Crippen LogP contribution in [0.1, 0.15) is 16.7 Å². The molecule has 0 aliphatic heterocycles. The van der Waals surface area contributed by atoms with Crippen molar-refractivity contribution in [3.8, 4) is 0 Å². The largest absolute Gasteiger partial charge is 0.387 e.